The molecule has 104 valence electrons. The number of hydrogen-bond acceptors (Lipinski definition) is 2. The summed E-state index contributed by atoms with van der Waals surface area (Å²) >= 11 is 0. The molecule has 0 amide bonds. The highest BCUT2D eigenvalue weighted by molar-refractivity contribution is 5.70. The van der Waals surface area contributed by atoms with Crippen LogP contribution in [0, 0.1) is 11.8 Å². The fourth-order valence-electron chi connectivity index (χ4n) is 3.24. The van der Waals surface area contributed by atoms with Gasteiger partial charge in [0.15, 0.2) is 0 Å². The lowest BCUT2D eigenvalue weighted by Gasteiger charge is -2.39. The fraction of sp³-hybridized carbons (Fsp3) is 0.917. The summed E-state index contributed by atoms with van der Waals surface area (Å²) in [6.45, 7) is 1.71. The fourth-order valence-corrected chi connectivity index (χ4v) is 3.24. The minimum absolute atomic E-state index is 0.0551. The van der Waals surface area contributed by atoms with Crippen LogP contribution in [0.3, 0.4) is 0 Å². The van der Waals surface area contributed by atoms with Crippen molar-refractivity contribution in [2.45, 2.75) is 44.3 Å². The number of nitrogens with zero attached hydrogens (tertiary/aromatic N) is 1. The zero-order chi connectivity index (χ0) is 13.3. The highest BCUT2D eigenvalue weighted by atomic mass is 19.4. The number of aliphatic carboxylic acids is 1. The summed E-state index contributed by atoms with van der Waals surface area (Å²) in [7, 11) is 0. The van der Waals surface area contributed by atoms with Crippen molar-refractivity contribution in [1.29, 1.82) is 0 Å². The minimum Gasteiger partial charge on any atom is -0.481 e. The minimum atomic E-state index is -4.40. The van der Waals surface area contributed by atoms with Crippen molar-refractivity contribution in [3.8, 4) is 0 Å². The van der Waals surface area contributed by atoms with Crippen LogP contribution in [0.4, 0.5) is 13.2 Å². The largest absolute Gasteiger partial charge is 0.481 e. The number of carbonyl (C=O) groups is 1. The molecule has 1 aliphatic heterocycles. The molecule has 3 unspecified atom stereocenters. The van der Waals surface area contributed by atoms with E-state index in [4.69, 9.17) is 5.11 Å². The Labute approximate surface area is 104 Å². The quantitative estimate of drug-likeness (QED) is 0.834. The van der Waals surface area contributed by atoms with E-state index in [1.54, 1.807) is 0 Å². The van der Waals surface area contributed by atoms with Crippen molar-refractivity contribution in [3.63, 3.8) is 0 Å². The Bertz CT molecular complexity index is 313. The second-order valence-electron chi connectivity index (χ2n) is 5.30. The number of likely N-dealkylation sites (tertiary alicyclic amines) is 1. The van der Waals surface area contributed by atoms with Gasteiger partial charge in [0, 0.05) is 6.04 Å². The van der Waals surface area contributed by atoms with E-state index in [0.29, 0.717) is 6.42 Å². The molecule has 6 heteroatoms. The zero-order valence-corrected chi connectivity index (χ0v) is 10.1. The smallest absolute Gasteiger partial charge is 0.392 e. The molecule has 18 heavy (non-hydrogen) atoms. The van der Waals surface area contributed by atoms with Gasteiger partial charge in [-0.2, -0.15) is 13.2 Å². The Kier molecular flexibility index (Phi) is 3.84. The molecule has 0 aromatic heterocycles. The first-order valence-electron chi connectivity index (χ1n) is 6.43. The molecule has 2 aliphatic rings. The van der Waals surface area contributed by atoms with Gasteiger partial charge in [0.2, 0.25) is 0 Å². The number of alkyl halides is 3. The lowest BCUT2D eigenvalue weighted by atomic mass is 9.76. The van der Waals surface area contributed by atoms with Crippen LogP contribution < -0.4 is 0 Å². The number of carboxylic acid groups (broad SMARTS) is 1. The molecule has 0 bridgehead atoms. The van der Waals surface area contributed by atoms with Gasteiger partial charge >= 0.3 is 12.1 Å². The van der Waals surface area contributed by atoms with Crippen molar-refractivity contribution in [3.05, 3.63) is 0 Å². The first-order valence-corrected chi connectivity index (χ1v) is 6.43. The Morgan fingerprint density at radius 3 is 2.28 bits per heavy atom. The monoisotopic (exact) mass is 265 g/mol. The summed E-state index contributed by atoms with van der Waals surface area (Å²) in [6, 6.07) is -0.0882. The summed E-state index contributed by atoms with van der Waals surface area (Å²) in [5.41, 5.74) is 0. The van der Waals surface area contributed by atoms with E-state index in [2.05, 4.69) is 4.90 Å². The lowest BCUT2D eigenvalue weighted by Crippen LogP contribution is -2.46. The Balaban J connectivity index is 2.07. The SMILES string of the molecule is O=C(O)C1CCC(N2CCCC2)CC1C(F)(F)F. The molecular formula is C12H18F3NO2. The third-order valence-electron chi connectivity index (χ3n) is 4.22. The van der Waals surface area contributed by atoms with Crippen LogP contribution in [0.5, 0.6) is 0 Å². The van der Waals surface area contributed by atoms with Crippen molar-refractivity contribution < 1.29 is 23.1 Å². The molecule has 1 aliphatic carbocycles. The third kappa shape index (κ3) is 2.79. The second kappa shape index (κ2) is 5.07. The summed E-state index contributed by atoms with van der Waals surface area (Å²) in [5.74, 6) is -4.25. The van der Waals surface area contributed by atoms with Gasteiger partial charge in [0.05, 0.1) is 11.8 Å². The first kappa shape index (κ1) is 13.6. The topological polar surface area (TPSA) is 40.5 Å². The Hall–Kier alpha value is -0.780. The lowest BCUT2D eigenvalue weighted by molar-refractivity contribution is -0.207. The average molecular weight is 265 g/mol. The van der Waals surface area contributed by atoms with E-state index in [0.717, 1.165) is 25.9 Å². The molecule has 3 nitrogen and oxygen atoms in total. The molecule has 0 radical (unpaired) electrons. The number of carboxylic acids is 1. The summed E-state index contributed by atoms with van der Waals surface area (Å²) in [5, 5.41) is 8.91. The summed E-state index contributed by atoms with van der Waals surface area (Å²) in [4.78, 5) is 13.0. The summed E-state index contributed by atoms with van der Waals surface area (Å²) < 4.78 is 38.8. The van der Waals surface area contributed by atoms with Gasteiger partial charge < -0.3 is 10.0 Å². The van der Waals surface area contributed by atoms with Crippen LogP contribution in [-0.4, -0.2) is 41.3 Å². The highest BCUT2D eigenvalue weighted by Gasteiger charge is 2.51. The van der Waals surface area contributed by atoms with E-state index in [-0.39, 0.29) is 18.9 Å². The average Bonchev–Trinajstić information content (AvgIpc) is 2.80. The third-order valence-corrected chi connectivity index (χ3v) is 4.22. The van der Waals surface area contributed by atoms with Gasteiger partial charge in [-0.15, -0.1) is 0 Å². The van der Waals surface area contributed by atoms with Crippen LogP contribution in [0.15, 0.2) is 0 Å². The molecule has 0 spiro atoms. The van der Waals surface area contributed by atoms with Crippen molar-refractivity contribution >= 4 is 5.97 Å². The first-order chi connectivity index (χ1) is 8.39. The zero-order valence-electron chi connectivity index (χ0n) is 10.1. The molecule has 3 atom stereocenters. The summed E-state index contributed by atoms with van der Waals surface area (Å²) in [6.07, 6.45) is -1.67. The van der Waals surface area contributed by atoms with Crippen LogP contribution in [0.2, 0.25) is 0 Å². The van der Waals surface area contributed by atoms with Crippen molar-refractivity contribution in [2.75, 3.05) is 13.1 Å². The number of hydrogen-bond donors (Lipinski definition) is 1. The van der Waals surface area contributed by atoms with E-state index < -0.39 is 24.0 Å². The van der Waals surface area contributed by atoms with E-state index >= 15 is 0 Å². The van der Waals surface area contributed by atoms with Gasteiger partial charge in [0.25, 0.3) is 0 Å². The van der Waals surface area contributed by atoms with Gasteiger partial charge in [0.1, 0.15) is 0 Å². The molecule has 2 fully saturated rings. The highest BCUT2D eigenvalue weighted by Crippen LogP contribution is 2.43. The molecule has 1 N–H and O–H groups in total. The van der Waals surface area contributed by atoms with Crippen LogP contribution in [0.25, 0.3) is 0 Å². The normalized spacial score (nSPS) is 34.7. The van der Waals surface area contributed by atoms with E-state index in [9.17, 15) is 18.0 Å². The second-order valence-corrected chi connectivity index (χ2v) is 5.30. The molecule has 1 saturated carbocycles. The number of halogens is 3. The predicted octanol–water partition coefficient (Wildman–Crippen LogP) is 2.51. The predicted molar refractivity (Wildman–Crippen MR) is 59.1 cm³/mol. The van der Waals surface area contributed by atoms with Crippen LogP contribution in [-0.2, 0) is 4.79 Å². The van der Waals surface area contributed by atoms with Crippen molar-refractivity contribution in [2.24, 2.45) is 11.8 Å². The molecule has 0 aromatic carbocycles. The van der Waals surface area contributed by atoms with Gasteiger partial charge in [-0.3, -0.25) is 4.79 Å². The molecule has 1 heterocycles. The van der Waals surface area contributed by atoms with Gasteiger partial charge in [-0.1, -0.05) is 0 Å². The molecular weight excluding hydrogens is 247 g/mol. The van der Waals surface area contributed by atoms with Gasteiger partial charge in [-0.05, 0) is 45.2 Å². The standard InChI is InChI=1S/C12H18F3NO2/c13-12(14,15)10-7-8(16-5-1-2-6-16)3-4-9(10)11(17)18/h8-10H,1-7H2,(H,17,18). The van der Waals surface area contributed by atoms with E-state index in [1.165, 1.54) is 0 Å². The van der Waals surface area contributed by atoms with Crippen molar-refractivity contribution in [1.82, 2.24) is 4.90 Å². The molecule has 0 aromatic rings. The molecule has 2 rings (SSSR count). The maximum Gasteiger partial charge on any atom is 0.392 e. The maximum atomic E-state index is 12.9. The molecule has 1 saturated heterocycles. The van der Waals surface area contributed by atoms with Crippen LogP contribution in [0.1, 0.15) is 32.1 Å². The number of rotatable bonds is 2. The van der Waals surface area contributed by atoms with Crippen LogP contribution >= 0.6 is 0 Å². The van der Waals surface area contributed by atoms with E-state index in [1.807, 2.05) is 0 Å². The Morgan fingerprint density at radius 2 is 1.78 bits per heavy atom. The maximum absolute atomic E-state index is 12.9. The van der Waals surface area contributed by atoms with Gasteiger partial charge in [-0.25, -0.2) is 0 Å². The Morgan fingerprint density at radius 1 is 1.17 bits per heavy atom.